The van der Waals surface area contributed by atoms with Gasteiger partial charge in [0.1, 0.15) is 5.75 Å². The van der Waals surface area contributed by atoms with E-state index in [0.29, 0.717) is 11.4 Å². The van der Waals surface area contributed by atoms with Gasteiger partial charge >= 0.3 is 0 Å². The van der Waals surface area contributed by atoms with E-state index in [1.807, 2.05) is 20.8 Å². The van der Waals surface area contributed by atoms with Crippen molar-refractivity contribution in [1.82, 2.24) is 10.3 Å². The highest BCUT2D eigenvalue weighted by atomic mass is 16.5. The average molecular weight is 252 g/mol. The molecule has 1 aromatic rings. The van der Waals surface area contributed by atoms with E-state index in [2.05, 4.69) is 10.3 Å². The van der Waals surface area contributed by atoms with Gasteiger partial charge in [-0.15, -0.1) is 0 Å². The summed E-state index contributed by atoms with van der Waals surface area (Å²) in [5.41, 5.74) is 0.280. The van der Waals surface area contributed by atoms with Gasteiger partial charge in [-0.3, -0.25) is 9.78 Å². The van der Waals surface area contributed by atoms with Gasteiger partial charge in [0.15, 0.2) is 6.10 Å². The summed E-state index contributed by atoms with van der Waals surface area (Å²) in [6, 6.07) is 3.34. The summed E-state index contributed by atoms with van der Waals surface area (Å²) in [6.45, 7) is 7.31. The Hall–Kier alpha value is -1.62. The molecule has 1 amide bonds. The molecule has 0 aromatic carbocycles. The Bertz CT molecular complexity index is 396. The lowest BCUT2D eigenvalue weighted by Crippen LogP contribution is -2.46. The molecule has 0 fully saturated rings. The summed E-state index contributed by atoms with van der Waals surface area (Å²) in [5, 5.41) is 11.7. The number of nitrogens with zero attached hydrogens (tertiary/aromatic N) is 1. The molecule has 0 saturated heterocycles. The van der Waals surface area contributed by atoms with Crippen LogP contribution in [0.25, 0.3) is 0 Å². The van der Waals surface area contributed by atoms with Crippen molar-refractivity contribution in [1.29, 1.82) is 0 Å². The molecule has 1 rings (SSSR count). The van der Waals surface area contributed by atoms with E-state index in [9.17, 15) is 4.79 Å². The van der Waals surface area contributed by atoms with E-state index < -0.39 is 6.10 Å². The number of carbonyl (C=O) groups excluding carboxylic acids is 1. The highest BCUT2D eigenvalue weighted by molar-refractivity contribution is 5.81. The summed E-state index contributed by atoms with van der Waals surface area (Å²) in [5.74, 6) is 0.331. The molecular weight excluding hydrogens is 232 g/mol. The third kappa shape index (κ3) is 4.71. The van der Waals surface area contributed by atoms with Crippen LogP contribution in [-0.4, -0.2) is 27.6 Å². The molecule has 5 heteroatoms. The number of rotatable bonds is 4. The molecule has 0 bridgehead atoms. The summed E-state index contributed by atoms with van der Waals surface area (Å²) in [4.78, 5) is 15.8. The van der Waals surface area contributed by atoms with Crippen LogP contribution in [0, 0.1) is 0 Å². The third-order valence-corrected chi connectivity index (χ3v) is 2.14. The molecule has 0 aliphatic carbocycles. The molecule has 1 unspecified atom stereocenters. The van der Waals surface area contributed by atoms with Gasteiger partial charge in [0.25, 0.3) is 5.91 Å². The van der Waals surface area contributed by atoms with Crippen LogP contribution in [0.2, 0.25) is 0 Å². The van der Waals surface area contributed by atoms with E-state index in [-0.39, 0.29) is 18.1 Å². The van der Waals surface area contributed by atoms with Crippen LogP contribution in [0.15, 0.2) is 18.3 Å². The molecule has 1 aromatic heterocycles. The summed E-state index contributed by atoms with van der Waals surface area (Å²) in [7, 11) is 0. The van der Waals surface area contributed by atoms with E-state index in [4.69, 9.17) is 9.84 Å². The van der Waals surface area contributed by atoms with Gasteiger partial charge in [-0.05, 0) is 39.8 Å². The van der Waals surface area contributed by atoms with Crippen molar-refractivity contribution in [2.24, 2.45) is 0 Å². The minimum absolute atomic E-state index is 0.111. The zero-order valence-corrected chi connectivity index (χ0v) is 11.2. The summed E-state index contributed by atoms with van der Waals surface area (Å²) in [6.07, 6.45) is 0.901. The summed E-state index contributed by atoms with van der Waals surface area (Å²) < 4.78 is 5.47. The van der Waals surface area contributed by atoms with Gasteiger partial charge in [-0.1, -0.05) is 0 Å². The van der Waals surface area contributed by atoms with E-state index >= 15 is 0 Å². The molecule has 1 heterocycles. The number of hydrogen-bond donors (Lipinski definition) is 2. The molecule has 0 radical (unpaired) electrons. The number of hydrogen-bond acceptors (Lipinski definition) is 4. The van der Waals surface area contributed by atoms with Gasteiger partial charge in [0.2, 0.25) is 0 Å². The largest absolute Gasteiger partial charge is 0.479 e. The SMILES string of the molecule is CC(Oc1ccc(CO)nc1)C(=O)NC(C)(C)C. The topological polar surface area (TPSA) is 71.5 Å². The maximum atomic E-state index is 11.8. The Kier molecular flexibility index (Phi) is 4.67. The molecule has 18 heavy (non-hydrogen) atoms. The fourth-order valence-electron chi connectivity index (χ4n) is 1.30. The number of pyridine rings is 1. The van der Waals surface area contributed by atoms with Crippen LogP contribution in [0.1, 0.15) is 33.4 Å². The van der Waals surface area contributed by atoms with Crippen molar-refractivity contribution in [3.05, 3.63) is 24.0 Å². The molecule has 2 N–H and O–H groups in total. The standard InChI is InChI=1S/C13H20N2O3/c1-9(12(17)15-13(2,3)4)18-11-6-5-10(8-16)14-7-11/h5-7,9,16H,8H2,1-4H3,(H,15,17). The zero-order valence-electron chi connectivity index (χ0n) is 11.2. The molecule has 0 spiro atoms. The Morgan fingerprint density at radius 2 is 2.17 bits per heavy atom. The molecule has 5 nitrogen and oxygen atoms in total. The second-order valence-corrected chi connectivity index (χ2v) is 5.14. The first-order chi connectivity index (χ1) is 8.31. The van der Waals surface area contributed by atoms with Gasteiger partial charge in [0.05, 0.1) is 18.5 Å². The van der Waals surface area contributed by atoms with Crippen LogP contribution in [0.3, 0.4) is 0 Å². The van der Waals surface area contributed by atoms with Crippen LogP contribution in [0.4, 0.5) is 0 Å². The molecule has 0 aliphatic rings. The number of amides is 1. The van der Waals surface area contributed by atoms with Crippen molar-refractivity contribution in [2.45, 2.75) is 45.9 Å². The molecular formula is C13H20N2O3. The fraction of sp³-hybridized carbons (Fsp3) is 0.538. The monoisotopic (exact) mass is 252 g/mol. The molecule has 1 atom stereocenters. The normalized spacial score (nSPS) is 12.9. The molecule has 0 aliphatic heterocycles. The Morgan fingerprint density at radius 3 is 2.61 bits per heavy atom. The van der Waals surface area contributed by atoms with E-state index in [0.717, 1.165) is 0 Å². The number of ether oxygens (including phenoxy) is 1. The van der Waals surface area contributed by atoms with Crippen molar-refractivity contribution < 1.29 is 14.6 Å². The molecule has 0 saturated carbocycles. The highest BCUT2D eigenvalue weighted by Crippen LogP contribution is 2.12. The first kappa shape index (κ1) is 14.4. The number of carbonyl (C=O) groups is 1. The predicted molar refractivity (Wildman–Crippen MR) is 68.1 cm³/mol. The predicted octanol–water partition coefficient (Wildman–Crippen LogP) is 1.26. The van der Waals surface area contributed by atoms with Gasteiger partial charge in [-0.2, -0.15) is 0 Å². The Balaban J connectivity index is 2.58. The smallest absolute Gasteiger partial charge is 0.261 e. The first-order valence-corrected chi connectivity index (χ1v) is 5.86. The third-order valence-electron chi connectivity index (χ3n) is 2.14. The number of nitrogens with one attached hydrogen (secondary N) is 1. The number of aromatic nitrogens is 1. The first-order valence-electron chi connectivity index (χ1n) is 5.86. The minimum Gasteiger partial charge on any atom is -0.479 e. The number of aliphatic hydroxyl groups excluding tert-OH is 1. The maximum Gasteiger partial charge on any atom is 0.261 e. The minimum atomic E-state index is -0.592. The Labute approximate surface area is 107 Å². The average Bonchev–Trinajstić information content (AvgIpc) is 2.27. The van der Waals surface area contributed by atoms with Crippen molar-refractivity contribution in [3.63, 3.8) is 0 Å². The second kappa shape index (κ2) is 5.82. The lowest BCUT2D eigenvalue weighted by molar-refractivity contribution is -0.128. The number of aliphatic hydroxyl groups is 1. The van der Waals surface area contributed by atoms with E-state index in [1.165, 1.54) is 6.20 Å². The van der Waals surface area contributed by atoms with Crippen LogP contribution < -0.4 is 10.1 Å². The fourth-order valence-corrected chi connectivity index (χ4v) is 1.30. The summed E-state index contributed by atoms with van der Waals surface area (Å²) >= 11 is 0. The lowest BCUT2D eigenvalue weighted by atomic mass is 10.1. The quantitative estimate of drug-likeness (QED) is 0.846. The maximum absolute atomic E-state index is 11.8. The van der Waals surface area contributed by atoms with Crippen LogP contribution in [-0.2, 0) is 11.4 Å². The van der Waals surface area contributed by atoms with Crippen LogP contribution >= 0.6 is 0 Å². The lowest BCUT2D eigenvalue weighted by Gasteiger charge is -2.23. The highest BCUT2D eigenvalue weighted by Gasteiger charge is 2.20. The van der Waals surface area contributed by atoms with Gasteiger partial charge < -0.3 is 15.2 Å². The zero-order chi connectivity index (χ0) is 13.8. The van der Waals surface area contributed by atoms with Crippen molar-refractivity contribution in [2.75, 3.05) is 0 Å². The Morgan fingerprint density at radius 1 is 1.50 bits per heavy atom. The molecule has 100 valence electrons. The van der Waals surface area contributed by atoms with Crippen molar-refractivity contribution >= 4 is 5.91 Å². The second-order valence-electron chi connectivity index (χ2n) is 5.14. The van der Waals surface area contributed by atoms with E-state index in [1.54, 1.807) is 19.1 Å². The van der Waals surface area contributed by atoms with Crippen LogP contribution in [0.5, 0.6) is 5.75 Å². The van der Waals surface area contributed by atoms with Gasteiger partial charge in [-0.25, -0.2) is 0 Å². The van der Waals surface area contributed by atoms with Gasteiger partial charge in [0, 0.05) is 5.54 Å². The van der Waals surface area contributed by atoms with Crippen molar-refractivity contribution in [3.8, 4) is 5.75 Å².